The van der Waals surface area contributed by atoms with Gasteiger partial charge in [-0.1, -0.05) is 30.7 Å². The van der Waals surface area contributed by atoms with Crippen molar-refractivity contribution < 1.29 is 23.9 Å². The van der Waals surface area contributed by atoms with Crippen molar-refractivity contribution in [3.63, 3.8) is 0 Å². The average molecular weight is 456 g/mol. The molecule has 2 amide bonds. The van der Waals surface area contributed by atoms with E-state index < -0.39 is 23.8 Å². The molecule has 0 aliphatic carbocycles. The fourth-order valence-electron chi connectivity index (χ4n) is 4.90. The van der Waals surface area contributed by atoms with Gasteiger partial charge in [0, 0.05) is 19.0 Å². The van der Waals surface area contributed by atoms with Crippen LogP contribution in [-0.2, 0) is 20.7 Å². The highest BCUT2D eigenvalue weighted by Gasteiger charge is 2.45. The number of Topliss-reactive ketones (excluding diaryl/α,β-unsaturated/α-hetero) is 1. The van der Waals surface area contributed by atoms with E-state index in [2.05, 4.69) is 9.89 Å². The van der Waals surface area contributed by atoms with Crippen LogP contribution in [-0.4, -0.2) is 77.4 Å². The summed E-state index contributed by atoms with van der Waals surface area (Å²) in [6.07, 6.45) is 3.49. The molecule has 33 heavy (non-hydrogen) atoms. The number of likely N-dealkylation sites (tertiary alicyclic amines) is 2. The lowest BCUT2D eigenvalue weighted by molar-refractivity contribution is -0.124. The van der Waals surface area contributed by atoms with Gasteiger partial charge in [0.15, 0.2) is 5.78 Å². The number of hydrogen-bond acceptors (Lipinski definition) is 6. The molecule has 8 nitrogen and oxygen atoms in total. The highest BCUT2D eigenvalue weighted by molar-refractivity contribution is 6.09. The summed E-state index contributed by atoms with van der Waals surface area (Å²) >= 11 is 0. The second-order valence-electron chi connectivity index (χ2n) is 10.0. The lowest BCUT2D eigenvalue weighted by Crippen LogP contribution is -2.53. The maximum absolute atomic E-state index is 13.6. The number of ether oxygens (including phenoxy) is 2. The van der Waals surface area contributed by atoms with Gasteiger partial charge in [0.05, 0.1) is 5.71 Å². The molecule has 1 aromatic carbocycles. The van der Waals surface area contributed by atoms with Gasteiger partial charge in [-0.25, -0.2) is 9.59 Å². The third-order valence-electron chi connectivity index (χ3n) is 6.41. The van der Waals surface area contributed by atoms with Crippen molar-refractivity contribution in [1.29, 1.82) is 0 Å². The van der Waals surface area contributed by atoms with Gasteiger partial charge in [-0.3, -0.25) is 14.6 Å². The highest BCUT2D eigenvalue weighted by Crippen LogP contribution is 2.29. The molecule has 0 aromatic heterocycles. The van der Waals surface area contributed by atoms with E-state index in [1.54, 1.807) is 4.90 Å². The molecule has 3 aliphatic rings. The van der Waals surface area contributed by atoms with Crippen LogP contribution in [0.1, 0.15) is 57.6 Å². The smallest absolute Gasteiger partial charge is 0.434 e. The molecule has 0 bridgehead atoms. The number of rotatable bonds is 5. The van der Waals surface area contributed by atoms with Crippen LogP contribution in [0.15, 0.2) is 29.3 Å². The van der Waals surface area contributed by atoms with Gasteiger partial charge in [0.2, 0.25) is 0 Å². The Labute approximate surface area is 194 Å². The van der Waals surface area contributed by atoms with Crippen LogP contribution in [0.5, 0.6) is 0 Å². The Kier molecular flexibility index (Phi) is 6.83. The van der Waals surface area contributed by atoms with Crippen LogP contribution in [0.2, 0.25) is 0 Å². The topological polar surface area (TPSA) is 88.5 Å². The highest BCUT2D eigenvalue weighted by atomic mass is 16.6. The third kappa shape index (κ3) is 5.61. The molecular formula is C25H33N3O5. The summed E-state index contributed by atoms with van der Waals surface area (Å²) in [4.78, 5) is 45.6. The first-order valence-corrected chi connectivity index (χ1v) is 11.8. The minimum Gasteiger partial charge on any atom is -0.444 e. The first kappa shape index (κ1) is 23.4. The number of amides is 2. The first-order valence-electron chi connectivity index (χ1n) is 11.8. The van der Waals surface area contributed by atoms with Gasteiger partial charge in [-0.15, -0.1) is 0 Å². The van der Waals surface area contributed by atoms with E-state index >= 15 is 0 Å². The Morgan fingerprint density at radius 2 is 1.79 bits per heavy atom. The second-order valence-corrected chi connectivity index (χ2v) is 10.0. The van der Waals surface area contributed by atoms with Gasteiger partial charge in [-0.2, -0.15) is 4.99 Å². The zero-order valence-corrected chi connectivity index (χ0v) is 19.7. The Bertz CT molecular complexity index is 928. The van der Waals surface area contributed by atoms with Gasteiger partial charge in [0.1, 0.15) is 18.2 Å². The van der Waals surface area contributed by atoms with Crippen molar-refractivity contribution in [1.82, 2.24) is 9.80 Å². The number of piperidine rings is 1. The predicted molar refractivity (Wildman–Crippen MR) is 124 cm³/mol. The molecule has 2 saturated heterocycles. The number of cyclic esters (lactones) is 1. The number of nitrogens with zero attached hydrogens (tertiary/aromatic N) is 3. The standard InChI is InChI=1S/C25H33N3O5/c1-25(2,3)33-24(31)28-14-11-20(27-12-5-4-6-13-27)22(28)21(29)15-17-7-9-18(10-8-17)19-16-32-23(30)26-19/h7-10,20,22H,4-6,11-16H2,1-3H3/t20-,22+/m1/s1. The molecule has 0 radical (unpaired) electrons. The monoisotopic (exact) mass is 455 g/mol. The molecule has 0 N–H and O–H groups in total. The zero-order valence-electron chi connectivity index (χ0n) is 19.7. The van der Waals surface area contributed by atoms with E-state index in [-0.39, 0.29) is 24.9 Å². The summed E-state index contributed by atoms with van der Waals surface area (Å²) in [7, 11) is 0. The fourth-order valence-corrected chi connectivity index (χ4v) is 4.90. The van der Waals surface area contributed by atoms with Gasteiger partial charge < -0.3 is 9.47 Å². The van der Waals surface area contributed by atoms with Crippen LogP contribution < -0.4 is 0 Å². The van der Waals surface area contributed by atoms with Crippen molar-refractivity contribution >= 4 is 23.7 Å². The molecule has 4 rings (SSSR count). The Hall–Kier alpha value is -2.74. The van der Waals surface area contributed by atoms with E-state index in [1.807, 2.05) is 45.0 Å². The van der Waals surface area contributed by atoms with Crippen LogP contribution in [0.25, 0.3) is 0 Å². The predicted octanol–water partition coefficient (Wildman–Crippen LogP) is 3.60. The Morgan fingerprint density at radius 3 is 2.39 bits per heavy atom. The number of benzene rings is 1. The molecule has 8 heteroatoms. The lowest BCUT2D eigenvalue weighted by Gasteiger charge is -2.37. The number of hydrogen-bond donors (Lipinski definition) is 0. The van der Waals surface area contributed by atoms with Crippen LogP contribution >= 0.6 is 0 Å². The summed E-state index contributed by atoms with van der Waals surface area (Å²) < 4.78 is 10.5. The van der Waals surface area contributed by atoms with E-state index in [0.717, 1.165) is 43.5 Å². The summed E-state index contributed by atoms with van der Waals surface area (Å²) in [5, 5.41) is 0. The van der Waals surface area contributed by atoms with E-state index in [4.69, 9.17) is 9.47 Å². The van der Waals surface area contributed by atoms with E-state index in [1.165, 1.54) is 6.42 Å². The normalized spacial score (nSPS) is 23.9. The Balaban J connectivity index is 1.50. The fraction of sp³-hybridized carbons (Fsp3) is 0.600. The van der Waals surface area contributed by atoms with E-state index in [9.17, 15) is 14.4 Å². The maximum atomic E-state index is 13.6. The van der Waals surface area contributed by atoms with Crippen LogP contribution in [0, 0.1) is 0 Å². The number of carbonyl (C=O) groups excluding carboxylic acids is 3. The maximum Gasteiger partial charge on any atom is 0.434 e. The molecule has 2 fully saturated rings. The average Bonchev–Trinajstić information content (AvgIpc) is 3.40. The second kappa shape index (κ2) is 9.63. The molecule has 0 saturated carbocycles. The lowest BCUT2D eigenvalue weighted by atomic mass is 9.95. The molecule has 2 atom stereocenters. The van der Waals surface area contributed by atoms with Crippen LogP contribution in [0.3, 0.4) is 0 Å². The van der Waals surface area contributed by atoms with Crippen molar-refractivity contribution in [3.8, 4) is 0 Å². The number of ketones is 1. The van der Waals surface area contributed by atoms with Crippen molar-refractivity contribution in [2.45, 2.75) is 70.6 Å². The summed E-state index contributed by atoms with van der Waals surface area (Å²) in [5.74, 6) is 0.0263. The zero-order chi connectivity index (χ0) is 23.6. The number of aliphatic imine (C=N–C) groups is 1. The Morgan fingerprint density at radius 1 is 1.09 bits per heavy atom. The molecule has 0 spiro atoms. The van der Waals surface area contributed by atoms with Gasteiger partial charge in [-0.05, 0) is 64.3 Å². The minimum absolute atomic E-state index is 0.0263. The molecule has 3 aliphatic heterocycles. The van der Waals surface area contributed by atoms with Gasteiger partial charge in [0.25, 0.3) is 0 Å². The van der Waals surface area contributed by atoms with Crippen molar-refractivity contribution in [2.75, 3.05) is 26.2 Å². The van der Waals surface area contributed by atoms with Crippen molar-refractivity contribution in [3.05, 3.63) is 35.4 Å². The summed E-state index contributed by atoms with van der Waals surface area (Å²) in [6, 6.07) is 6.98. The SMILES string of the molecule is CC(C)(C)OC(=O)N1CC[C@@H](N2CCCCC2)[C@H]1C(=O)Cc1ccc(C2=NC(=O)OC2)cc1. The molecule has 3 heterocycles. The number of carbonyl (C=O) groups is 3. The van der Waals surface area contributed by atoms with Crippen molar-refractivity contribution in [2.24, 2.45) is 4.99 Å². The largest absolute Gasteiger partial charge is 0.444 e. The molecule has 0 unspecified atom stereocenters. The third-order valence-corrected chi connectivity index (χ3v) is 6.41. The molecule has 1 aromatic rings. The molecule has 178 valence electrons. The van der Waals surface area contributed by atoms with Gasteiger partial charge >= 0.3 is 12.2 Å². The summed E-state index contributed by atoms with van der Waals surface area (Å²) in [6.45, 7) is 8.15. The van der Waals surface area contributed by atoms with E-state index in [0.29, 0.717) is 12.3 Å². The quantitative estimate of drug-likeness (QED) is 0.674. The van der Waals surface area contributed by atoms with Crippen LogP contribution in [0.4, 0.5) is 9.59 Å². The summed E-state index contributed by atoms with van der Waals surface area (Å²) in [5.41, 5.74) is 1.65. The molecular weight excluding hydrogens is 422 g/mol. The first-order chi connectivity index (χ1) is 15.7. The minimum atomic E-state index is -0.613.